The minimum Gasteiger partial charge on any atom is -0.461 e. The summed E-state index contributed by atoms with van der Waals surface area (Å²) < 4.78 is 21.1. The van der Waals surface area contributed by atoms with Crippen molar-refractivity contribution in [3.63, 3.8) is 0 Å². The van der Waals surface area contributed by atoms with Gasteiger partial charge in [-0.25, -0.2) is 4.98 Å². The van der Waals surface area contributed by atoms with Gasteiger partial charge in [-0.05, 0) is 24.3 Å². The van der Waals surface area contributed by atoms with Crippen molar-refractivity contribution in [1.82, 2.24) is 10.1 Å². The predicted molar refractivity (Wildman–Crippen MR) is 88.7 cm³/mol. The summed E-state index contributed by atoms with van der Waals surface area (Å²) in [7, 11) is 0. The van der Waals surface area contributed by atoms with Gasteiger partial charge < -0.3 is 18.1 Å². The van der Waals surface area contributed by atoms with E-state index in [1.807, 2.05) is 24.3 Å². The lowest BCUT2D eigenvalue weighted by Crippen LogP contribution is -2.07. The molecule has 0 N–H and O–H groups in total. The van der Waals surface area contributed by atoms with Gasteiger partial charge in [0.2, 0.25) is 5.76 Å². The van der Waals surface area contributed by atoms with Crippen molar-refractivity contribution in [1.29, 1.82) is 0 Å². The summed E-state index contributed by atoms with van der Waals surface area (Å²) in [6.07, 6.45) is 1.54. The summed E-state index contributed by atoms with van der Waals surface area (Å²) in [5.74, 6) is 0.749. The number of aromatic nitrogens is 2. The molecule has 4 rings (SSSR count). The van der Waals surface area contributed by atoms with Crippen molar-refractivity contribution in [2.24, 2.45) is 0 Å². The molecule has 0 radical (unpaired) electrons. The molecule has 4 aromatic rings. The topological polar surface area (TPSA) is 91.5 Å². The zero-order valence-electron chi connectivity index (χ0n) is 12.9. The van der Waals surface area contributed by atoms with Crippen LogP contribution in [0.1, 0.15) is 5.69 Å². The number of hydrogen-bond acceptors (Lipinski definition) is 8. The van der Waals surface area contributed by atoms with E-state index in [0.29, 0.717) is 28.0 Å². The van der Waals surface area contributed by atoms with Gasteiger partial charge in [0.25, 0.3) is 5.22 Å². The number of rotatable bonds is 6. The number of esters is 1. The van der Waals surface area contributed by atoms with Crippen molar-refractivity contribution >= 4 is 28.8 Å². The fourth-order valence-corrected chi connectivity index (χ4v) is 2.78. The molecule has 3 aromatic heterocycles. The lowest BCUT2D eigenvalue weighted by atomic mass is 10.3. The van der Waals surface area contributed by atoms with Gasteiger partial charge in [0.15, 0.2) is 11.3 Å². The van der Waals surface area contributed by atoms with Crippen LogP contribution in [0.25, 0.3) is 22.6 Å². The maximum Gasteiger partial charge on any atom is 0.316 e. The molecule has 0 unspecified atom stereocenters. The van der Waals surface area contributed by atoms with Gasteiger partial charge in [-0.1, -0.05) is 29.1 Å². The number of thioether (sulfide) groups is 1. The average molecular weight is 356 g/mol. The van der Waals surface area contributed by atoms with E-state index in [0.717, 1.165) is 5.52 Å². The highest BCUT2D eigenvalue weighted by Gasteiger charge is 2.13. The van der Waals surface area contributed by atoms with E-state index in [2.05, 4.69) is 10.1 Å². The van der Waals surface area contributed by atoms with Crippen molar-refractivity contribution in [3.8, 4) is 11.5 Å². The van der Waals surface area contributed by atoms with Crippen molar-refractivity contribution in [3.05, 3.63) is 54.4 Å². The Morgan fingerprint density at radius 3 is 2.92 bits per heavy atom. The SMILES string of the molecule is O=C(CSc1nc2ccccc2o1)OCc1cc(-c2ccco2)on1. The molecule has 3 heterocycles. The molecule has 0 spiro atoms. The number of fused-ring (bicyclic) bond motifs is 1. The molecule has 0 fully saturated rings. The third kappa shape index (κ3) is 3.58. The van der Waals surface area contributed by atoms with E-state index < -0.39 is 5.97 Å². The van der Waals surface area contributed by atoms with Gasteiger partial charge >= 0.3 is 5.97 Å². The fourth-order valence-electron chi connectivity index (χ4n) is 2.14. The van der Waals surface area contributed by atoms with E-state index in [-0.39, 0.29) is 12.4 Å². The largest absolute Gasteiger partial charge is 0.461 e. The van der Waals surface area contributed by atoms with Crippen molar-refractivity contribution in [2.45, 2.75) is 11.8 Å². The number of nitrogens with zero attached hydrogens (tertiary/aromatic N) is 2. The van der Waals surface area contributed by atoms with E-state index in [4.69, 9.17) is 18.1 Å². The Hall–Kier alpha value is -3.00. The molecule has 0 atom stereocenters. The second kappa shape index (κ2) is 6.86. The number of furan rings is 1. The third-order valence-corrected chi connectivity index (χ3v) is 4.09. The molecule has 25 heavy (non-hydrogen) atoms. The Morgan fingerprint density at radius 2 is 2.08 bits per heavy atom. The second-order valence-electron chi connectivity index (χ2n) is 5.06. The first-order chi connectivity index (χ1) is 12.3. The Morgan fingerprint density at radius 1 is 1.16 bits per heavy atom. The summed E-state index contributed by atoms with van der Waals surface area (Å²) in [5.41, 5.74) is 1.95. The molecule has 0 amide bonds. The van der Waals surface area contributed by atoms with Gasteiger partial charge in [0.1, 0.15) is 23.6 Å². The summed E-state index contributed by atoms with van der Waals surface area (Å²) in [4.78, 5) is 16.1. The van der Waals surface area contributed by atoms with Gasteiger partial charge in [-0.2, -0.15) is 0 Å². The van der Waals surface area contributed by atoms with Crippen LogP contribution in [0.15, 0.2) is 67.3 Å². The Bertz CT molecular complexity index is 956. The number of hydrogen-bond donors (Lipinski definition) is 0. The molecular formula is C17H12N2O5S. The Balaban J connectivity index is 1.29. The second-order valence-corrected chi connectivity index (χ2v) is 5.98. The minimum atomic E-state index is -0.394. The fraction of sp³-hybridized carbons (Fsp3) is 0.118. The minimum absolute atomic E-state index is 0.0250. The van der Waals surface area contributed by atoms with Gasteiger partial charge in [-0.15, -0.1) is 0 Å². The number of ether oxygens (including phenoxy) is 1. The molecule has 0 aliphatic rings. The van der Waals surface area contributed by atoms with Crippen LogP contribution in [0.5, 0.6) is 0 Å². The summed E-state index contributed by atoms with van der Waals surface area (Å²) in [5, 5.41) is 4.27. The molecule has 1 aromatic carbocycles. The first-order valence-corrected chi connectivity index (χ1v) is 8.40. The highest BCUT2D eigenvalue weighted by molar-refractivity contribution is 7.99. The van der Waals surface area contributed by atoms with Gasteiger partial charge in [0.05, 0.1) is 6.26 Å². The Kier molecular flexibility index (Phi) is 4.26. The highest BCUT2D eigenvalue weighted by atomic mass is 32.2. The summed E-state index contributed by atoms with van der Waals surface area (Å²) in [6.45, 7) is 0.0250. The monoisotopic (exact) mass is 356 g/mol. The van der Waals surface area contributed by atoms with Crippen LogP contribution < -0.4 is 0 Å². The smallest absolute Gasteiger partial charge is 0.316 e. The van der Waals surface area contributed by atoms with E-state index >= 15 is 0 Å². The van der Waals surface area contributed by atoms with Crippen LogP contribution in [0.4, 0.5) is 0 Å². The predicted octanol–water partition coefficient (Wildman–Crippen LogP) is 3.91. The quantitative estimate of drug-likeness (QED) is 0.379. The molecular weight excluding hydrogens is 344 g/mol. The molecule has 0 saturated carbocycles. The first-order valence-electron chi connectivity index (χ1n) is 7.41. The summed E-state index contributed by atoms with van der Waals surface area (Å²) >= 11 is 1.18. The number of benzene rings is 1. The van der Waals surface area contributed by atoms with Gasteiger partial charge in [-0.3, -0.25) is 4.79 Å². The van der Waals surface area contributed by atoms with Crippen LogP contribution in [0.2, 0.25) is 0 Å². The zero-order valence-corrected chi connectivity index (χ0v) is 13.7. The number of carbonyl (C=O) groups excluding carboxylic acids is 1. The van der Waals surface area contributed by atoms with Crippen molar-refractivity contribution < 1.29 is 22.9 Å². The average Bonchev–Trinajstić information content (AvgIpc) is 3.37. The van der Waals surface area contributed by atoms with Crippen LogP contribution in [0.3, 0.4) is 0 Å². The van der Waals surface area contributed by atoms with Crippen molar-refractivity contribution in [2.75, 3.05) is 5.75 Å². The van der Waals surface area contributed by atoms with E-state index in [1.165, 1.54) is 11.8 Å². The number of oxazole rings is 1. The lowest BCUT2D eigenvalue weighted by molar-refractivity contribution is -0.141. The maximum absolute atomic E-state index is 11.9. The molecule has 7 nitrogen and oxygen atoms in total. The van der Waals surface area contributed by atoms with Crippen LogP contribution in [0, 0.1) is 0 Å². The first kappa shape index (κ1) is 15.5. The molecule has 0 bridgehead atoms. The molecule has 0 aliphatic carbocycles. The van der Waals surface area contributed by atoms with E-state index in [9.17, 15) is 4.79 Å². The molecule has 0 saturated heterocycles. The molecule has 0 aliphatic heterocycles. The van der Waals surface area contributed by atoms with Crippen LogP contribution in [-0.2, 0) is 16.1 Å². The van der Waals surface area contributed by atoms with E-state index in [1.54, 1.807) is 24.5 Å². The van der Waals surface area contributed by atoms with Gasteiger partial charge in [0, 0.05) is 6.07 Å². The maximum atomic E-state index is 11.9. The number of para-hydroxylation sites is 2. The highest BCUT2D eigenvalue weighted by Crippen LogP contribution is 2.24. The summed E-state index contributed by atoms with van der Waals surface area (Å²) in [6, 6.07) is 12.6. The Labute approximate surface area is 145 Å². The standard InChI is InChI=1S/C17H12N2O5S/c20-16(10-25-17-18-12-4-1-2-5-13(12)23-17)22-9-11-8-15(24-19-11)14-6-3-7-21-14/h1-8H,9-10H2. The lowest BCUT2D eigenvalue weighted by Gasteiger charge is -2.00. The third-order valence-electron chi connectivity index (χ3n) is 3.29. The number of carbonyl (C=O) groups is 1. The van der Waals surface area contributed by atoms with Crippen LogP contribution >= 0.6 is 11.8 Å². The zero-order chi connectivity index (χ0) is 17.1. The normalized spacial score (nSPS) is 11.0. The molecule has 8 heteroatoms. The van der Waals surface area contributed by atoms with Crippen LogP contribution in [-0.4, -0.2) is 21.9 Å². The molecule has 126 valence electrons.